The highest BCUT2D eigenvalue weighted by Gasteiger charge is 1.98. The molecule has 0 aliphatic heterocycles. The lowest BCUT2D eigenvalue weighted by Gasteiger charge is -2.05. The number of hydrogen-bond acceptors (Lipinski definition) is 1. The topological polar surface area (TPSA) is 12.0 Å². The van der Waals surface area contributed by atoms with Crippen molar-refractivity contribution >= 4 is 34.8 Å². The van der Waals surface area contributed by atoms with Crippen LogP contribution in [0.2, 0.25) is 0 Å². The minimum Gasteiger partial charge on any atom is -0.309 e. The molecule has 10 heavy (non-hydrogen) atoms. The zero-order valence-electron chi connectivity index (χ0n) is 5.92. The number of nitrogens with one attached hydrogen (secondary N) is 1. The Labute approximate surface area is 76.3 Å². The molecule has 0 fully saturated rings. The molecule has 0 bridgehead atoms. The van der Waals surface area contributed by atoms with E-state index in [4.69, 9.17) is 34.8 Å². The van der Waals surface area contributed by atoms with Crippen molar-refractivity contribution in [2.45, 2.75) is 19.9 Å². The maximum atomic E-state index is 5.61. The van der Waals surface area contributed by atoms with E-state index in [0.29, 0.717) is 17.6 Å². The van der Waals surface area contributed by atoms with Crippen molar-refractivity contribution < 1.29 is 0 Å². The normalized spacial score (nSPS) is 10.2. The molecule has 0 radical (unpaired) electrons. The lowest BCUT2D eigenvalue weighted by molar-refractivity contribution is 0.629. The maximum absolute atomic E-state index is 5.61. The van der Waals surface area contributed by atoms with Gasteiger partial charge < -0.3 is 5.32 Å². The lowest BCUT2D eigenvalue weighted by atomic mass is 10.4. The number of hydrogen-bond donors (Lipinski definition) is 1. The third-order valence-electron chi connectivity index (χ3n) is 0.871. The van der Waals surface area contributed by atoms with E-state index in [1.165, 1.54) is 0 Å². The van der Waals surface area contributed by atoms with Gasteiger partial charge in [0, 0.05) is 12.6 Å². The summed E-state index contributed by atoms with van der Waals surface area (Å²) in [5.74, 6) is 0. The third-order valence-corrected chi connectivity index (χ3v) is 1.84. The van der Waals surface area contributed by atoms with Gasteiger partial charge in [-0.1, -0.05) is 48.7 Å². The Bertz CT molecular complexity index is 127. The minimum atomic E-state index is 0.134. The summed E-state index contributed by atoms with van der Waals surface area (Å²) in [6, 6.07) is 0.390. The van der Waals surface area contributed by atoms with Gasteiger partial charge >= 0.3 is 0 Å². The van der Waals surface area contributed by atoms with Gasteiger partial charge in [-0.05, 0) is 0 Å². The summed E-state index contributed by atoms with van der Waals surface area (Å²) in [6.07, 6.45) is 0. The van der Waals surface area contributed by atoms with Crippen LogP contribution >= 0.6 is 34.8 Å². The molecule has 0 rings (SSSR count). The second-order valence-corrected chi connectivity index (χ2v) is 3.61. The third kappa shape index (κ3) is 5.36. The monoisotopic (exact) mass is 201 g/mol. The highest BCUT2D eigenvalue weighted by Crippen LogP contribution is 2.16. The molecule has 1 nitrogen and oxygen atoms in total. The van der Waals surface area contributed by atoms with Crippen LogP contribution in [0.25, 0.3) is 0 Å². The van der Waals surface area contributed by atoms with Gasteiger partial charge in [-0.15, -0.1) is 0 Å². The SMILES string of the molecule is CC(C)NCC(Cl)=C(Cl)Cl. The smallest absolute Gasteiger partial charge is 0.122 e. The number of rotatable bonds is 3. The molecule has 0 aliphatic rings. The van der Waals surface area contributed by atoms with Crippen LogP contribution in [0.5, 0.6) is 0 Å². The highest BCUT2D eigenvalue weighted by atomic mass is 35.5. The van der Waals surface area contributed by atoms with Gasteiger partial charge in [0.2, 0.25) is 0 Å². The molecule has 0 atom stereocenters. The van der Waals surface area contributed by atoms with E-state index >= 15 is 0 Å². The van der Waals surface area contributed by atoms with Crippen molar-refractivity contribution in [2.75, 3.05) is 6.54 Å². The maximum Gasteiger partial charge on any atom is 0.122 e. The Morgan fingerprint density at radius 1 is 1.30 bits per heavy atom. The largest absolute Gasteiger partial charge is 0.309 e. The average molecular weight is 203 g/mol. The van der Waals surface area contributed by atoms with Crippen LogP contribution in [0, 0.1) is 0 Å². The predicted octanol–water partition coefficient (Wildman–Crippen LogP) is 2.87. The van der Waals surface area contributed by atoms with Gasteiger partial charge in [-0.2, -0.15) is 0 Å². The first kappa shape index (κ1) is 10.6. The van der Waals surface area contributed by atoms with Gasteiger partial charge in [0.1, 0.15) is 4.49 Å². The van der Waals surface area contributed by atoms with Gasteiger partial charge in [0.25, 0.3) is 0 Å². The molecular formula is C6H10Cl3N. The Balaban J connectivity index is 3.60. The summed E-state index contributed by atoms with van der Waals surface area (Å²) >= 11 is 16.4. The first-order chi connectivity index (χ1) is 4.54. The van der Waals surface area contributed by atoms with Crippen molar-refractivity contribution in [1.29, 1.82) is 0 Å². The molecule has 0 heterocycles. The van der Waals surface area contributed by atoms with Crippen molar-refractivity contribution in [3.05, 3.63) is 9.52 Å². The molecule has 0 saturated heterocycles. The molecule has 1 N–H and O–H groups in total. The molecule has 0 unspecified atom stereocenters. The molecule has 0 aromatic carbocycles. The van der Waals surface area contributed by atoms with Crippen LogP contribution in [0.15, 0.2) is 9.52 Å². The Hall–Kier alpha value is 0.570. The molecule has 0 amide bonds. The summed E-state index contributed by atoms with van der Waals surface area (Å²) in [4.78, 5) is 0. The first-order valence-corrected chi connectivity index (χ1v) is 4.10. The fourth-order valence-electron chi connectivity index (χ4n) is 0.361. The summed E-state index contributed by atoms with van der Waals surface area (Å²) in [5, 5.41) is 3.52. The summed E-state index contributed by atoms with van der Waals surface area (Å²) in [6.45, 7) is 4.57. The van der Waals surface area contributed by atoms with Gasteiger partial charge in [-0.3, -0.25) is 0 Å². The van der Waals surface area contributed by atoms with Crippen molar-refractivity contribution in [1.82, 2.24) is 5.32 Å². The molecular weight excluding hydrogens is 192 g/mol. The fraction of sp³-hybridized carbons (Fsp3) is 0.667. The van der Waals surface area contributed by atoms with Crippen LogP contribution in [0.4, 0.5) is 0 Å². The van der Waals surface area contributed by atoms with Crippen LogP contribution in [-0.4, -0.2) is 12.6 Å². The van der Waals surface area contributed by atoms with Crippen LogP contribution in [-0.2, 0) is 0 Å². The Morgan fingerprint density at radius 3 is 2.10 bits per heavy atom. The lowest BCUT2D eigenvalue weighted by Crippen LogP contribution is -2.23. The molecule has 4 heteroatoms. The highest BCUT2D eigenvalue weighted by molar-refractivity contribution is 6.59. The molecule has 0 aliphatic carbocycles. The Kier molecular flexibility index (Phi) is 5.55. The van der Waals surface area contributed by atoms with E-state index in [9.17, 15) is 0 Å². The van der Waals surface area contributed by atoms with Crippen molar-refractivity contribution in [2.24, 2.45) is 0 Å². The van der Waals surface area contributed by atoms with E-state index in [1.54, 1.807) is 0 Å². The van der Waals surface area contributed by atoms with Crippen LogP contribution in [0.1, 0.15) is 13.8 Å². The Morgan fingerprint density at radius 2 is 1.80 bits per heavy atom. The van der Waals surface area contributed by atoms with Gasteiger partial charge in [-0.25, -0.2) is 0 Å². The molecule has 0 aromatic heterocycles. The first-order valence-electron chi connectivity index (χ1n) is 2.97. The van der Waals surface area contributed by atoms with E-state index < -0.39 is 0 Å². The summed E-state index contributed by atoms with van der Waals surface area (Å²) in [5.41, 5.74) is 0. The van der Waals surface area contributed by atoms with Crippen molar-refractivity contribution in [3.8, 4) is 0 Å². The summed E-state index contributed by atoms with van der Waals surface area (Å²) in [7, 11) is 0. The number of halogens is 3. The van der Waals surface area contributed by atoms with E-state index in [-0.39, 0.29) is 4.49 Å². The molecule has 0 spiro atoms. The predicted molar refractivity (Wildman–Crippen MR) is 47.7 cm³/mol. The van der Waals surface area contributed by atoms with E-state index in [2.05, 4.69) is 5.32 Å². The second-order valence-electron chi connectivity index (χ2n) is 2.20. The molecule has 0 aromatic rings. The fourth-order valence-corrected chi connectivity index (χ4v) is 0.571. The van der Waals surface area contributed by atoms with Crippen LogP contribution in [0.3, 0.4) is 0 Å². The average Bonchev–Trinajstić information content (AvgIpc) is 1.82. The van der Waals surface area contributed by atoms with Gasteiger partial charge in [0.05, 0.1) is 5.03 Å². The molecule has 0 saturated carbocycles. The standard InChI is InChI=1S/C6H10Cl3N/c1-4(2)10-3-5(7)6(8)9/h4,10H,3H2,1-2H3. The summed E-state index contributed by atoms with van der Waals surface area (Å²) < 4.78 is 0.134. The van der Waals surface area contributed by atoms with Crippen molar-refractivity contribution in [3.63, 3.8) is 0 Å². The van der Waals surface area contributed by atoms with Gasteiger partial charge in [0.15, 0.2) is 0 Å². The quantitative estimate of drug-likeness (QED) is 0.742. The van der Waals surface area contributed by atoms with Crippen LogP contribution < -0.4 is 5.32 Å². The molecule has 60 valence electrons. The van der Waals surface area contributed by atoms with E-state index in [0.717, 1.165) is 0 Å². The zero-order chi connectivity index (χ0) is 8.15. The minimum absolute atomic E-state index is 0.134. The van der Waals surface area contributed by atoms with E-state index in [1.807, 2.05) is 13.8 Å². The zero-order valence-corrected chi connectivity index (χ0v) is 8.19. The second kappa shape index (κ2) is 5.25.